The third-order valence-corrected chi connectivity index (χ3v) is 2.16. The molecule has 0 radical (unpaired) electrons. The Morgan fingerprint density at radius 1 is 1.25 bits per heavy atom. The van der Waals surface area contributed by atoms with Crippen molar-refractivity contribution in [3.8, 4) is 11.6 Å². The summed E-state index contributed by atoms with van der Waals surface area (Å²) >= 11 is 5.79. The van der Waals surface area contributed by atoms with Crippen LogP contribution in [-0.2, 0) is 0 Å². The summed E-state index contributed by atoms with van der Waals surface area (Å²) in [6, 6.07) is 7.14. The second kappa shape index (κ2) is 4.37. The van der Waals surface area contributed by atoms with Crippen LogP contribution in [0.15, 0.2) is 36.5 Å². The van der Waals surface area contributed by atoms with Gasteiger partial charge in [0, 0.05) is 6.07 Å². The van der Waals surface area contributed by atoms with Crippen molar-refractivity contribution in [3.05, 3.63) is 47.4 Å². The molecule has 0 unspecified atom stereocenters. The maximum Gasteiger partial charge on any atom is 0.219 e. The molecule has 0 saturated carbocycles. The molecule has 0 fully saturated rings. The molecule has 1 aromatic carbocycles. The van der Waals surface area contributed by atoms with Gasteiger partial charge in [-0.3, -0.25) is 0 Å². The highest BCUT2D eigenvalue weighted by Crippen LogP contribution is 2.28. The molecule has 0 atom stereocenters. The van der Waals surface area contributed by atoms with Crippen LogP contribution in [0.3, 0.4) is 0 Å². The highest BCUT2D eigenvalue weighted by atomic mass is 35.5. The topological polar surface area (TPSA) is 48.1 Å². The van der Waals surface area contributed by atoms with Gasteiger partial charge in [0.15, 0.2) is 0 Å². The number of anilines is 1. The summed E-state index contributed by atoms with van der Waals surface area (Å²) in [5, 5.41) is 0.193. The van der Waals surface area contributed by atoms with Gasteiger partial charge in [0.1, 0.15) is 11.6 Å². The SMILES string of the molecule is Nc1ccc(Oc2ccc(F)cc2Cl)nc1. The van der Waals surface area contributed by atoms with Gasteiger partial charge in [0.2, 0.25) is 5.88 Å². The molecular formula is C11H8ClFN2O. The van der Waals surface area contributed by atoms with Crippen LogP contribution >= 0.6 is 11.6 Å². The molecule has 1 aromatic heterocycles. The zero-order valence-electron chi connectivity index (χ0n) is 8.15. The molecule has 82 valence electrons. The first kappa shape index (κ1) is 10.7. The molecule has 2 rings (SSSR count). The first-order chi connectivity index (χ1) is 7.65. The van der Waals surface area contributed by atoms with Gasteiger partial charge in [0.05, 0.1) is 16.9 Å². The number of aromatic nitrogens is 1. The standard InChI is InChI=1S/C11H8ClFN2O/c12-9-5-7(13)1-3-10(9)16-11-4-2-8(14)6-15-11/h1-6H,14H2. The Balaban J connectivity index is 2.23. The van der Waals surface area contributed by atoms with E-state index >= 15 is 0 Å². The summed E-state index contributed by atoms with van der Waals surface area (Å²) in [7, 11) is 0. The van der Waals surface area contributed by atoms with Crippen LogP contribution in [-0.4, -0.2) is 4.98 Å². The Morgan fingerprint density at radius 2 is 2.06 bits per heavy atom. The summed E-state index contributed by atoms with van der Waals surface area (Å²) in [5.74, 6) is 0.283. The Kier molecular flexibility index (Phi) is 2.92. The minimum atomic E-state index is -0.414. The van der Waals surface area contributed by atoms with E-state index in [4.69, 9.17) is 22.1 Å². The van der Waals surface area contributed by atoms with Gasteiger partial charge in [-0.1, -0.05) is 11.6 Å². The van der Waals surface area contributed by atoms with Crippen LogP contribution in [0.25, 0.3) is 0 Å². The summed E-state index contributed by atoms with van der Waals surface area (Å²) in [6.07, 6.45) is 1.47. The quantitative estimate of drug-likeness (QED) is 0.874. The maximum atomic E-state index is 12.8. The van der Waals surface area contributed by atoms with Crippen molar-refractivity contribution in [2.45, 2.75) is 0 Å². The van der Waals surface area contributed by atoms with Crippen LogP contribution in [0.1, 0.15) is 0 Å². The predicted molar refractivity (Wildman–Crippen MR) is 60.1 cm³/mol. The van der Waals surface area contributed by atoms with Crippen LogP contribution in [0.4, 0.5) is 10.1 Å². The van der Waals surface area contributed by atoms with Gasteiger partial charge in [-0.15, -0.1) is 0 Å². The number of pyridine rings is 1. The molecule has 0 saturated heterocycles. The van der Waals surface area contributed by atoms with Crippen molar-refractivity contribution in [1.82, 2.24) is 4.98 Å². The number of nitrogens with zero attached hydrogens (tertiary/aromatic N) is 1. The maximum absolute atomic E-state index is 12.8. The Hall–Kier alpha value is -1.81. The molecular weight excluding hydrogens is 231 g/mol. The zero-order chi connectivity index (χ0) is 11.5. The fraction of sp³-hybridized carbons (Fsp3) is 0. The normalized spacial score (nSPS) is 10.1. The number of rotatable bonds is 2. The molecule has 0 aliphatic carbocycles. The molecule has 3 nitrogen and oxygen atoms in total. The second-order valence-corrected chi connectivity index (χ2v) is 3.51. The third-order valence-electron chi connectivity index (χ3n) is 1.87. The van der Waals surface area contributed by atoms with E-state index in [1.165, 1.54) is 24.4 Å². The Labute approximate surface area is 96.6 Å². The molecule has 1 heterocycles. The Morgan fingerprint density at radius 3 is 2.69 bits per heavy atom. The average molecular weight is 239 g/mol. The van der Waals surface area contributed by atoms with Gasteiger partial charge in [-0.25, -0.2) is 9.37 Å². The minimum absolute atomic E-state index is 0.193. The van der Waals surface area contributed by atoms with Gasteiger partial charge in [0.25, 0.3) is 0 Å². The summed E-state index contributed by atoms with van der Waals surface area (Å²) in [5.41, 5.74) is 6.02. The van der Waals surface area contributed by atoms with Crippen LogP contribution in [0, 0.1) is 5.82 Å². The van der Waals surface area contributed by atoms with E-state index in [1.807, 2.05) is 0 Å². The molecule has 16 heavy (non-hydrogen) atoms. The zero-order valence-corrected chi connectivity index (χ0v) is 8.91. The van der Waals surface area contributed by atoms with E-state index in [1.54, 1.807) is 12.1 Å². The predicted octanol–water partition coefficient (Wildman–Crippen LogP) is 3.25. The minimum Gasteiger partial charge on any atom is -0.437 e. The van der Waals surface area contributed by atoms with E-state index in [2.05, 4.69) is 4.98 Å². The number of hydrogen-bond donors (Lipinski definition) is 1. The third kappa shape index (κ3) is 2.41. The van der Waals surface area contributed by atoms with Crippen molar-refractivity contribution in [2.24, 2.45) is 0 Å². The van der Waals surface area contributed by atoms with Crippen molar-refractivity contribution in [3.63, 3.8) is 0 Å². The number of ether oxygens (including phenoxy) is 1. The monoisotopic (exact) mass is 238 g/mol. The van der Waals surface area contributed by atoms with Crippen LogP contribution in [0.2, 0.25) is 5.02 Å². The molecule has 2 aromatic rings. The fourth-order valence-corrected chi connectivity index (χ4v) is 1.33. The highest BCUT2D eigenvalue weighted by molar-refractivity contribution is 6.32. The molecule has 2 N–H and O–H groups in total. The van der Waals surface area contributed by atoms with Gasteiger partial charge >= 0.3 is 0 Å². The van der Waals surface area contributed by atoms with Crippen LogP contribution < -0.4 is 10.5 Å². The van der Waals surface area contributed by atoms with Gasteiger partial charge in [-0.05, 0) is 24.3 Å². The van der Waals surface area contributed by atoms with Crippen molar-refractivity contribution in [2.75, 3.05) is 5.73 Å². The number of benzene rings is 1. The highest BCUT2D eigenvalue weighted by Gasteiger charge is 2.04. The Bertz CT molecular complexity index is 502. The number of nitrogen functional groups attached to an aromatic ring is 1. The number of nitrogens with two attached hydrogens (primary N) is 1. The van der Waals surface area contributed by atoms with Crippen molar-refractivity contribution < 1.29 is 9.13 Å². The lowest BCUT2D eigenvalue weighted by Gasteiger charge is -2.06. The van der Waals surface area contributed by atoms with Gasteiger partial charge < -0.3 is 10.5 Å². The van der Waals surface area contributed by atoms with E-state index in [-0.39, 0.29) is 5.02 Å². The van der Waals surface area contributed by atoms with Gasteiger partial charge in [-0.2, -0.15) is 0 Å². The van der Waals surface area contributed by atoms with Crippen LogP contribution in [0.5, 0.6) is 11.6 Å². The van der Waals surface area contributed by atoms with Crippen molar-refractivity contribution in [1.29, 1.82) is 0 Å². The lowest BCUT2D eigenvalue weighted by Crippen LogP contribution is -1.91. The first-order valence-corrected chi connectivity index (χ1v) is 4.87. The van der Waals surface area contributed by atoms with Crippen molar-refractivity contribution >= 4 is 17.3 Å². The molecule has 5 heteroatoms. The molecule has 0 aliphatic rings. The lowest BCUT2D eigenvalue weighted by molar-refractivity contribution is 0.461. The molecule has 0 amide bonds. The fourth-order valence-electron chi connectivity index (χ4n) is 1.12. The second-order valence-electron chi connectivity index (χ2n) is 3.11. The van der Waals surface area contributed by atoms with E-state index in [0.29, 0.717) is 17.3 Å². The molecule has 0 aliphatic heterocycles. The smallest absolute Gasteiger partial charge is 0.219 e. The number of hydrogen-bond acceptors (Lipinski definition) is 3. The largest absolute Gasteiger partial charge is 0.437 e. The molecule has 0 spiro atoms. The lowest BCUT2D eigenvalue weighted by atomic mass is 10.3. The molecule has 0 bridgehead atoms. The summed E-state index contributed by atoms with van der Waals surface area (Å²) < 4.78 is 18.1. The van der Waals surface area contributed by atoms with E-state index < -0.39 is 5.82 Å². The summed E-state index contributed by atoms with van der Waals surface area (Å²) in [4.78, 5) is 3.94. The first-order valence-electron chi connectivity index (χ1n) is 4.49. The van der Waals surface area contributed by atoms with E-state index in [0.717, 1.165) is 0 Å². The average Bonchev–Trinajstić information content (AvgIpc) is 2.25. The number of halogens is 2. The summed E-state index contributed by atoms with van der Waals surface area (Å²) in [6.45, 7) is 0. The van der Waals surface area contributed by atoms with E-state index in [9.17, 15) is 4.39 Å².